The molecule has 0 saturated heterocycles. The van der Waals surface area contributed by atoms with Crippen molar-refractivity contribution in [3.05, 3.63) is 71.8 Å². The van der Waals surface area contributed by atoms with Crippen LogP contribution >= 0.6 is 0 Å². The second kappa shape index (κ2) is 8.60. The van der Waals surface area contributed by atoms with Gasteiger partial charge < -0.3 is 11.1 Å². The van der Waals surface area contributed by atoms with Crippen molar-refractivity contribution in [2.24, 2.45) is 5.73 Å². The van der Waals surface area contributed by atoms with E-state index in [4.69, 9.17) is 5.73 Å². The molecule has 112 valence electrons. The van der Waals surface area contributed by atoms with Gasteiger partial charge in [0.15, 0.2) is 0 Å². The summed E-state index contributed by atoms with van der Waals surface area (Å²) in [6, 6.07) is 21.9. The van der Waals surface area contributed by atoms with Crippen molar-refractivity contribution in [3.63, 3.8) is 0 Å². The van der Waals surface area contributed by atoms with Crippen LogP contribution in [0.3, 0.4) is 0 Å². The maximum atomic E-state index is 5.56. The average Bonchev–Trinajstić information content (AvgIpc) is 2.54. The first-order valence-electron chi connectivity index (χ1n) is 7.86. The van der Waals surface area contributed by atoms with Crippen LogP contribution in [0.2, 0.25) is 0 Å². The Labute approximate surface area is 128 Å². The van der Waals surface area contributed by atoms with Crippen LogP contribution in [0, 0.1) is 0 Å². The molecule has 0 bridgehead atoms. The summed E-state index contributed by atoms with van der Waals surface area (Å²) >= 11 is 0. The highest BCUT2D eigenvalue weighted by Gasteiger charge is 2.20. The van der Waals surface area contributed by atoms with E-state index in [0.29, 0.717) is 12.0 Å². The van der Waals surface area contributed by atoms with Crippen molar-refractivity contribution in [1.82, 2.24) is 5.32 Å². The van der Waals surface area contributed by atoms with E-state index in [1.807, 2.05) is 0 Å². The zero-order valence-corrected chi connectivity index (χ0v) is 12.8. The van der Waals surface area contributed by atoms with Crippen molar-refractivity contribution < 1.29 is 0 Å². The lowest BCUT2D eigenvalue weighted by molar-refractivity contribution is 0.488. The molecule has 3 N–H and O–H groups in total. The van der Waals surface area contributed by atoms with E-state index in [2.05, 4.69) is 72.9 Å². The Bertz CT molecular complexity index is 456. The van der Waals surface area contributed by atoms with Gasteiger partial charge in [-0.05, 0) is 44.0 Å². The van der Waals surface area contributed by atoms with Gasteiger partial charge in [0.1, 0.15) is 0 Å². The second-order valence-corrected chi connectivity index (χ2v) is 5.54. The average molecular weight is 282 g/mol. The fourth-order valence-corrected chi connectivity index (χ4v) is 2.81. The number of unbranched alkanes of at least 4 members (excludes halogenated alkanes) is 1. The van der Waals surface area contributed by atoms with Crippen molar-refractivity contribution >= 4 is 0 Å². The van der Waals surface area contributed by atoms with Crippen LogP contribution in [0.4, 0.5) is 0 Å². The van der Waals surface area contributed by atoms with Gasteiger partial charge in [0, 0.05) is 12.0 Å². The lowest BCUT2D eigenvalue weighted by Crippen LogP contribution is -2.33. The Kier molecular flexibility index (Phi) is 6.45. The highest BCUT2D eigenvalue weighted by molar-refractivity contribution is 5.34. The number of hydrogen-bond donors (Lipinski definition) is 2. The fourth-order valence-electron chi connectivity index (χ4n) is 2.81. The quantitative estimate of drug-likeness (QED) is 0.727. The van der Waals surface area contributed by atoms with Gasteiger partial charge in [-0.25, -0.2) is 0 Å². The molecule has 0 saturated carbocycles. The Morgan fingerprint density at radius 3 is 1.86 bits per heavy atom. The summed E-state index contributed by atoms with van der Waals surface area (Å²) < 4.78 is 0. The van der Waals surface area contributed by atoms with Gasteiger partial charge in [0.25, 0.3) is 0 Å². The third-order valence-corrected chi connectivity index (χ3v) is 3.91. The molecule has 0 amide bonds. The van der Waals surface area contributed by atoms with Gasteiger partial charge in [-0.3, -0.25) is 0 Å². The third kappa shape index (κ3) is 4.69. The zero-order chi connectivity index (χ0) is 14.9. The zero-order valence-electron chi connectivity index (χ0n) is 12.8. The first-order valence-corrected chi connectivity index (χ1v) is 7.86. The summed E-state index contributed by atoms with van der Waals surface area (Å²) in [5, 5.41) is 3.66. The number of nitrogens with two attached hydrogens (primary N) is 1. The van der Waals surface area contributed by atoms with E-state index in [0.717, 1.165) is 25.9 Å². The molecule has 1 atom stereocenters. The Hall–Kier alpha value is -1.64. The highest BCUT2D eigenvalue weighted by Crippen LogP contribution is 2.27. The Morgan fingerprint density at radius 2 is 1.38 bits per heavy atom. The van der Waals surface area contributed by atoms with Gasteiger partial charge in [0.2, 0.25) is 0 Å². The molecule has 0 fully saturated rings. The summed E-state index contributed by atoms with van der Waals surface area (Å²) in [5.41, 5.74) is 8.29. The molecule has 0 radical (unpaired) electrons. The Morgan fingerprint density at radius 1 is 0.857 bits per heavy atom. The Balaban J connectivity index is 2.13. The summed E-state index contributed by atoms with van der Waals surface area (Å²) in [6.07, 6.45) is 2.22. The maximum absolute atomic E-state index is 5.56. The monoisotopic (exact) mass is 282 g/mol. The molecule has 2 heteroatoms. The van der Waals surface area contributed by atoms with Crippen LogP contribution in [0.1, 0.15) is 36.8 Å². The summed E-state index contributed by atoms with van der Waals surface area (Å²) in [4.78, 5) is 0. The predicted octanol–water partition coefficient (Wildman–Crippen LogP) is 3.54. The standard InChI is InChI=1S/C19H26N2/c1-16(21-15-9-8-14-20)19(17-10-4-2-5-11-17)18-12-6-3-7-13-18/h2-7,10-13,16,19,21H,8-9,14-15,20H2,1H3. The van der Waals surface area contributed by atoms with Crippen LogP contribution in [0.5, 0.6) is 0 Å². The van der Waals surface area contributed by atoms with E-state index in [-0.39, 0.29) is 0 Å². The molecule has 0 aromatic heterocycles. The van der Waals surface area contributed by atoms with Crippen molar-refractivity contribution in [1.29, 1.82) is 0 Å². The third-order valence-electron chi connectivity index (χ3n) is 3.91. The number of nitrogens with one attached hydrogen (secondary N) is 1. The first-order chi connectivity index (χ1) is 10.3. The minimum absolute atomic E-state index is 0.380. The van der Waals surface area contributed by atoms with Crippen molar-refractivity contribution in [2.45, 2.75) is 31.7 Å². The second-order valence-electron chi connectivity index (χ2n) is 5.54. The summed E-state index contributed by atoms with van der Waals surface area (Å²) in [5.74, 6) is 0.380. The number of hydrogen-bond acceptors (Lipinski definition) is 2. The summed E-state index contributed by atoms with van der Waals surface area (Å²) in [7, 11) is 0. The smallest absolute Gasteiger partial charge is 0.0240 e. The van der Waals surface area contributed by atoms with E-state index in [1.54, 1.807) is 0 Å². The predicted molar refractivity (Wildman–Crippen MR) is 90.5 cm³/mol. The SMILES string of the molecule is CC(NCCCCN)C(c1ccccc1)c1ccccc1. The molecule has 0 aliphatic heterocycles. The minimum Gasteiger partial charge on any atom is -0.330 e. The van der Waals surface area contributed by atoms with Crippen LogP contribution in [-0.2, 0) is 0 Å². The van der Waals surface area contributed by atoms with Gasteiger partial charge in [-0.1, -0.05) is 60.7 Å². The van der Waals surface area contributed by atoms with Gasteiger partial charge in [-0.15, -0.1) is 0 Å². The van der Waals surface area contributed by atoms with E-state index < -0.39 is 0 Å². The molecule has 2 nitrogen and oxygen atoms in total. The molecule has 0 aliphatic rings. The molecular formula is C19H26N2. The van der Waals surface area contributed by atoms with E-state index in [1.165, 1.54) is 11.1 Å². The summed E-state index contributed by atoms with van der Waals surface area (Å²) in [6.45, 7) is 4.07. The highest BCUT2D eigenvalue weighted by atomic mass is 14.9. The molecular weight excluding hydrogens is 256 g/mol. The number of benzene rings is 2. The fraction of sp³-hybridized carbons (Fsp3) is 0.368. The molecule has 0 heterocycles. The lowest BCUT2D eigenvalue weighted by atomic mass is 9.86. The molecule has 0 aliphatic carbocycles. The van der Waals surface area contributed by atoms with Gasteiger partial charge >= 0.3 is 0 Å². The van der Waals surface area contributed by atoms with Crippen molar-refractivity contribution in [3.8, 4) is 0 Å². The van der Waals surface area contributed by atoms with Gasteiger partial charge in [-0.2, -0.15) is 0 Å². The van der Waals surface area contributed by atoms with Crippen LogP contribution in [0.25, 0.3) is 0 Å². The minimum atomic E-state index is 0.380. The van der Waals surface area contributed by atoms with Crippen LogP contribution in [0.15, 0.2) is 60.7 Å². The molecule has 2 aromatic carbocycles. The van der Waals surface area contributed by atoms with Crippen LogP contribution < -0.4 is 11.1 Å². The topological polar surface area (TPSA) is 38.0 Å². The van der Waals surface area contributed by atoms with Crippen LogP contribution in [-0.4, -0.2) is 19.1 Å². The largest absolute Gasteiger partial charge is 0.330 e. The molecule has 21 heavy (non-hydrogen) atoms. The molecule has 1 unspecified atom stereocenters. The maximum Gasteiger partial charge on any atom is 0.0240 e. The van der Waals surface area contributed by atoms with Crippen molar-refractivity contribution in [2.75, 3.05) is 13.1 Å². The van der Waals surface area contributed by atoms with E-state index >= 15 is 0 Å². The molecule has 0 spiro atoms. The lowest BCUT2D eigenvalue weighted by Gasteiger charge is -2.26. The van der Waals surface area contributed by atoms with E-state index in [9.17, 15) is 0 Å². The molecule has 2 rings (SSSR count). The number of rotatable bonds is 8. The van der Waals surface area contributed by atoms with Gasteiger partial charge in [0.05, 0.1) is 0 Å². The first kappa shape index (κ1) is 15.7. The normalized spacial score (nSPS) is 12.5. The molecule has 2 aromatic rings.